The monoisotopic (exact) mass is 1040 g/mol. The zero-order valence-corrected chi connectivity index (χ0v) is 44.1. The van der Waals surface area contributed by atoms with Gasteiger partial charge in [-0.1, -0.05) is 63.7 Å². The van der Waals surface area contributed by atoms with Crippen molar-refractivity contribution in [2.45, 2.75) is 93.2 Å². The minimum atomic E-state index is -5.22. The summed E-state index contributed by atoms with van der Waals surface area (Å²) in [7, 11) is -5.22. The minimum Gasteiger partial charge on any atom is -0.395 e. The third-order valence-electron chi connectivity index (χ3n) is 10.9. The molecule has 3 aliphatic rings. The van der Waals surface area contributed by atoms with Gasteiger partial charge in [0.2, 0.25) is 18.2 Å². The maximum atomic E-state index is 15.7. The van der Waals surface area contributed by atoms with Gasteiger partial charge in [0, 0.05) is 67.5 Å². The molecule has 0 aliphatic carbocycles. The molecule has 5 rings (SSSR count). The van der Waals surface area contributed by atoms with Gasteiger partial charge in [0.15, 0.2) is 10.2 Å². The molecular weight excluding hydrogens is 966 g/mol. The molecule has 0 radical (unpaired) electrons. The van der Waals surface area contributed by atoms with Crippen molar-refractivity contribution in [2.75, 3.05) is 90.4 Å². The number of amides is 4. The number of halogens is 2. The molecule has 4 heterocycles. The standard InChI is InChI=1S/C24H32F2NO8PS3.C11H21NO.C9H14N2O3.C2H6/c1-22(2,13-28)20(31)37-9-7-34-36(33,35-8-10-38-21(32)23(3,4)14-29)24(25,26)16-5-6-17-15(11-16)12-18(39-17)19(27)30;1-10(2)6-5-7-11(13)12-8-3-4-9-12;12-7-10-5-8(6-10)9(13)11-1-3-14-4-2-11;1-2/h5-6,11-12,28-29H,7-10,13-14H2,1-4H3,(H2,27,30);10H,3-9H2,1-2H3;7-8H,1-6H2;1-2H3. The lowest BCUT2D eigenvalue weighted by Gasteiger charge is -2.39. The van der Waals surface area contributed by atoms with Crippen LogP contribution in [0, 0.1) is 22.7 Å². The lowest BCUT2D eigenvalue weighted by Crippen LogP contribution is -2.55. The molecular formula is C46H73F2N4O12PS3. The number of rotatable bonds is 21. The molecule has 4 amide bonds. The normalized spacial score (nSPS) is 15.6. The van der Waals surface area contributed by atoms with Crippen molar-refractivity contribution in [3.8, 4) is 0 Å². The quantitative estimate of drug-likeness (QED) is 0.0638. The van der Waals surface area contributed by atoms with Gasteiger partial charge >= 0.3 is 13.3 Å². The second kappa shape index (κ2) is 29.4. The van der Waals surface area contributed by atoms with Crippen molar-refractivity contribution in [2.24, 2.45) is 28.4 Å². The third kappa shape index (κ3) is 18.6. The van der Waals surface area contributed by atoms with E-state index in [1.165, 1.54) is 59.1 Å². The van der Waals surface area contributed by atoms with Crippen LogP contribution < -0.4 is 5.73 Å². The van der Waals surface area contributed by atoms with Gasteiger partial charge in [0.1, 0.15) is 0 Å². The minimum absolute atomic E-state index is 0.0262. The molecule has 3 saturated heterocycles. The second-order valence-electron chi connectivity index (χ2n) is 17.9. The molecule has 0 saturated carbocycles. The maximum Gasteiger partial charge on any atom is 0.404 e. The fourth-order valence-electron chi connectivity index (χ4n) is 6.40. The van der Waals surface area contributed by atoms with Crippen LogP contribution in [0.2, 0.25) is 0 Å². The summed E-state index contributed by atoms with van der Waals surface area (Å²) in [4.78, 5) is 75.2. The number of likely N-dealkylation sites (tertiary alicyclic amines) is 2. The average Bonchev–Trinajstić information content (AvgIpc) is 4.01. The maximum absolute atomic E-state index is 15.7. The Balaban J connectivity index is 0.000000439. The molecule has 3 fully saturated rings. The third-order valence-corrected chi connectivity index (χ3v) is 16.4. The number of hydrogen-bond acceptors (Lipinski definition) is 15. The Bertz CT molecular complexity index is 1950. The second-order valence-corrected chi connectivity index (χ2v) is 23.1. The molecule has 0 atom stereocenters. The van der Waals surface area contributed by atoms with Gasteiger partial charge in [-0.15, -0.1) is 11.3 Å². The Kier molecular flexibility index (Phi) is 26.4. The number of ether oxygens (including phenoxy) is 1. The summed E-state index contributed by atoms with van der Waals surface area (Å²) in [6, 6.07) is 4.82. The van der Waals surface area contributed by atoms with Gasteiger partial charge in [0.25, 0.3) is 5.91 Å². The SMILES string of the molecule is CC.CC(C)(CO)C(=O)SCCOP(=O)(OCCSC(=O)C(C)(C)CO)C(F)(F)c1ccc2sc(C(N)=O)cc2c1.CC(C)CCCC(=O)N1CCCC1.O=CN1CC(C(=O)N2CCOCC2)C1. The summed E-state index contributed by atoms with van der Waals surface area (Å²) in [6.07, 6.45) is 6.21. The van der Waals surface area contributed by atoms with Crippen LogP contribution in [0.4, 0.5) is 8.78 Å². The summed E-state index contributed by atoms with van der Waals surface area (Å²) in [5, 5.41) is 18.1. The van der Waals surface area contributed by atoms with E-state index in [0.717, 1.165) is 85.3 Å². The van der Waals surface area contributed by atoms with Crippen LogP contribution in [-0.4, -0.2) is 150 Å². The summed E-state index contributed by atoms with van der Waals surface area (Å²) < 4.78 is 61.0. The number of primary amides is 1. The van der Waals surface area contributed by atoms with Crippen LogP contribution in [0.5, 0.6) is 0 Å². The predicted octanol–water partition coefficient (Wildman–Crippen LogP) is 7.23. The summed E-state index contributed by atoms with van der Waals surface area (Å²) in [5.41, 5.74) is -1.64. The van der Waals surface area contributed by atoms with Crippen molar-refractivity contribution in [3.63, 3.8) is 0 Å². The van der Waals surface area contributed by atoms with Crippen LogP contribution in [0.1, 0.15) is 103 Å². The highest BCUT2D eigenvalue weighted by molar-refractivity contribution is 8.14. The van der Waals surface area contributed by atoms with Gasteiger partial charge in [-0.25, -0.2) is 0 Å². The molecule has 4 N–H and O–H groups in total. The number of thiophene rings is 1. The fraction of sp³-hybridized carbons (Fsp3) is 0.696. The van der Waals surface area contributed by atoms with E-state index in [4.69, 9.17) is 19.5 Å². The first-order valence-corrected chi connectivity index (χ1v) is 27.4. The molecule has 3 aliphatic heterocycles. The van der Waals surface area contributed by atoms with E-state index in [1.807, 2.05) is 23.6 Å². The van der Waals surface area contributed by atoms with E-state index < -0.39 is 72.2 Å². The van der Waals surface area contributed by atoms with Crippen molar-refractivity contribution in [1.29, 1.82) is 0 Å². The highest BCUT2D eigenvalue weighted by atomic mass is 32.2. The summed E-state index contributed by atoms with van der Waals surface area (Å²) >= 11 is 2.50. The Morgan fingerprint density at radius 3 is 1.90 bits per heavy atom. The number of alkyl halides is 2. The molecule has 68 heavy (non-hydrogen) atoms. The van der Waals surface area contributed by atoms with Crippen molar-refractivity contribution < 1.29 is 66.1 Å². The first-order valence-electron chi connectivity index (χ1n) is 23.0. The van der Waals surface area contributed by atoms with Crippen LogP contribution in [-0.2, 0) is 48.0 Å². The summed E-state index contributed by atoms with van der Waals surface area (Å²) in [6.45, 7) is 18.4. The Morgan fingerprint density at radius 1 is 0.897 bits per heavy atom. The lowest BCUT2D eigenvalue weighted by atomic mass is 9.97. The van der Waals surface area contributed by atoms with Crippen LogP contribution in [0.3, 0.4) is 0 Å². The largest absolute Gasteiger partial charge is 0.404 e. The Hall–Kier alpha value is -3.01. The smallest absolute Gasteiger partial charge is 0.395 e. The average molecular weight is 1040 g/mol. The van der Waals surface area contributed by atoms with E-state index >= 15 is 8.78 Å². The number of aliphatic hydroxyl groups is 2. The van der Waals surface area contributed by atoms with E-state index in [1.54, 1.807) is 4.90 Å². The van der Waals surface area contributed by atoms with Crippen molar-refractivity contribution in [3.05, 3.63) is 34.7 Å². The Morgan fingerprint density at radius 2 is 1.43 bits per heavy atom. The molecule has 1 aromatic carbocycles. The molecule has 386 valence electrons. The molecule has 0 unspecified atom stereocenters. The number of benzene rings is 1. The number of nitrogens with zero attached hydrogens (tertiary/aromatic N) is 3. The highest BCUT2D eigenvalue weighted by Gasteiger charge is 2.55. The zero-order chi connectivity index (χ0) is 51.3. The van der Waals surface area contributed by atoms with E-state index in [0.29, 0.717) is 50.0 Å². The first kappa shape index (κ1) is 61.1. The number of aliphatic hydroxyl groups excluding tert-OH is 2. The van der Waals surface area contributed by atoms with E-state index in [9.17, 15) is 43.5 Å². The van der Waals surface area contributed by atoms with Crippen LogP contribution >= 0.6 is 42.5 Å². The van der Waals surface area contributed by atoms with Gasteiger partial charge < -0.3 is 44.4 Å². The number of morpholine rings is 1. The topological polar surface area (TPSA) is 223 Å². The molecule has 2 aromatic rings. The Labute approximate surface area is 412 Å². The van der Waals surface area contributed by atoms with Crippen LogP contribution in [0.25, 0.3) is 10.1 Å². The fourth-order valence-corrected chi connectivity index (χ4v) is 10.7. The van der Waals surface area contributed by atoms with Gasteiger partial charge in [0.05, 0.1) is 61.3 Å². The lowest BCUT2D eigenvalue weighted by molar-refractivity contribution is -0.147. The highest BCUT2D eigenvalue weighted by Crippen LogP contribution is 2.67. The number of carbonyl (C=O) groups is 6. The van der Waals surface area contributed by atoms with Gasteiger partial charge in [-0.05, 0) is 76.5 Å². The molecule has 22 heteroatoms. The zero-order valence-electron chi connectivity index (χ0n) is 40.8. The predicted molar refractivity (Wildman–Crippen MR) is 265 cm³/mol. The van der Waals surface area contributed by atoms with E-state index in [2.05, 4.69) is 13.8 Å². The first-order chi connectivity index (χ1) is 32.0. The number of fused-ring (bicyclic) bond motifs is 1. The van der Waals surface area contributed by atoms with Gasteiger partial charge in [-0.2, -0.15) is 8.78 Å². The molecule has 0 spiro atoms. The molecule has 1 aromatic heterocycles. The number of nitrogens with two attached hydrogens (primary N) is 1. The van der Waals surface area contributed by atoms with Crippen LogP contribution in [0.15, 0.2) is 24.3 Å². The van der Waals surface area contributed by atoms with Gasteiger partial charge in [-0.3, -0.25) is 33.3 Å². The number of hydrogen-bond donors (Lipinski definition) is 3. The van der Waals surface area contributed by atoms with E-state index in [-0.39, 0.29) is 33.6 Å². The van der Waals surface area contributed by atoms with Crippen molar-refractivity contribution in [1.82, 2.24) is 14.7 Å². The number of thioether (sulfide) groups is 2. The molecule has 16 nitrogen and oxygen atoms in total. The molecule has 0 bridgehead atoms. The summed E-state index contributed by atoms with van der Waals surface area (Å²) in [5.74, 6) is 0.327. The number of carbonyl (C=O) groups excluding carboxylic acids is 6. The van der Waals surface area contributed by atoms with Crippen molar-refractivity contribution >= 4 is 86.9 Å².